The number of nitrogens with one attached hydrogen (secondary N) is 1. The Morgan fingerprint density at radius 1 is 0.759 bits per heavy atom. The number of fused-ring (bicyclic) bond motifs is 2. The summed E-state index contributed by atoms with van der Waals surface area (Å²) < 4.78 is 72.9. The summed E-state index contributed by atoms with van der Waals surface area (Å²) in [7, 11) is -8.98. The van der Waals surface area contributed by atoms with E-state index in [0.29, 0.717) is 39.8 Å². The van der Waals surface area contributed by atoms with Crippen molar-refractivity contribution in [3.63, 3.8) is 0 Å². The van der Waals surface area contributed by atoms with E-state index >= 15 is 0 Å². The first-order valence-corrected chi connectivity index (χ1v) is 21.5. The molecule has 5 aromatic carbocycles. The number of ether oxygens (including phenoxy) is 1. The molecule has 1 atom stereocenters. The second kappa shape index (κ2) is 16.1. The van der Waals surface area contributed by atoms with Crippen LogP contribution in [0.3, 0.4) is 0 Å². The molecule has 0 saturated heterocycles. The van der Waals surface area contributed by atoms with Crippen LogP contribution < -0.4 is 19.9 Å². The van der Waals surface area contributed by atoms with E-state index < -0.39 is 25.0 Å². The van der Waals surface area contributed by atoms with Gasteiger partial charge < -0.3 is 4.74 Å². The third-order valence-corrected chi connectivity index (χ3v) is 12.7. The Morgan fingerprint density at radius 2 is 1.48 bits per heavy atom. The quantitative estimate of drug-likeness (QED) is 0.114. The maximum absolute atomic E-state index is 14.3. The van der Waals surface area contributed by atoms with Gasteiger partial charge in [-0.05, 0) is 116 Å². The molecule has 0 amide bonds. The van der Waals surface area contributed by atoms with E-state index in [-0.39, 0.29) is 17.4 Å². The molecule has 6 rings (SSSR count). The van der Waals surface area contributed by atoms with Crippen molar-refractivity contribution < 1.29 is 26.1 Å². The minimum Gasteiger partial charge on any atom is -0.456 e. The van der Waals surface area contributed by atoms with Gasteiger partial charge in [0.25, 0.3) is 10.1 Å². The molecular weight excluding hydrogens is 715 g/mol. The third kappa shape index (κ3) is 8.71. The summed E-state index contributed by atoms with van der Waals surface area (Å²) >= 11 is 0. The Labute approximate surface area is 320 Å². The molecular formula is C45H49NO6S2. The zero-order valence-electron chi connectivity index (χ0n) is 31.9. The number of hydrogen-bond acceptors (Lipinski definition) is 5. The normalized spacial score (nSPS) is 13.7. The fourth-order valence-electron chi connectivity index (χ4n) is 7.21. The van der Waals surface area contributed by atoms with Gasteiger partial charge in [-0.3, -0.25) is 4.55 Å². The maximum atomic E-state index is 14.3. The molecule has 7 nitrogen and oxygen atoms in total. The molecule has 1 aliphatic rings. The fraction of sp³-hybridized carbons (Fsp3) is 0.289. The zero-order valence-corrected chi connectivity index (χ0v) is 33.5. The fourth-order valence-corrected chi connectivity index (χ4v) is 9.15. The van der Waals surface area contributed by atoms with Crippen molar-refractivity contribution in [3.05, 3.63) is 152 Å². The number of aryl methyl sites for hydroxylation is 4. The zero-order chi connectivity index (χ0) is 38.8. The summed E-state index contributed by atoms with van der Waals surface area (Å²) in [5.41, 5.74) is 9.55. The molecule has 1 aliphatic heterocycles. The van der Waals surface area contributed by atoms with Crippen LogP contribution in [0.15, 0.2) is 101 Å². The Bertz CT molecular complexity index is 2580. The van der Waals surface area contributed by atoms with Gasteiger partial charge >= 0.3 is 0 Å². The Balaban J connectivity index is 1.56. The molecule has 0 bridgehead atoms. The van der Waals surface area contributed by atoms with Gasteiger partial charge in [0.15, 0.2) is 0 Å². The van der Waals surface area contributed by atoms with Crippen LogP contribution in [0.1, 0.15) is 89.6 Å². The van der Waals surface area contributed by atoms with Crippen LogP contribution in [-0.4, -0.2) is 27.9 Å². The second-order valence-corrected chi connectivity index (χ2v) is 17.7. The Kier molecular flexibility index (Phi) is 11.6. The van der Waals surface area contributed by atoms with E-state index in [1.807, 2.05) is 43.3 Å². The summed E-state index contributed by atoms with van der Waals surface area (Å²) in [6.45, 7) is 12.7. The Hall–Kier alpha value is -4.54. The molecule has 2 N–H and O–H groups in total. The predicted molar refractivity (Wildman–Crippen MR) is 217 cm³/mol. The number of benzene rings is 5. The topological polar surface area (TPSA) is 110 Å². The van der Waals surface area contributed by atoms with Crippen LogP contribution in [0.2, 0.25) is 0 Å². The van der Waals surface area contributed by atoms with Crippen LogP contribution in [0.4, 0.5) is 0 Å². The summed E-state index contributed by atoms with van der Waals surface area (Å²) in [5.74, 6) is 1.22. The number of unbranched alkanes of at least 4 members (excludes halogenated alkanes) is 1. The van der Waals surface area contributed by atoms with Crippen LogP contribution in [0.25, 0.3) is 11.6 Å². The summed E-state index contributed by atoms with van der Waals surface area (Å²) in [5, 5.41) is 1.57. The highest BCUT2D eigenvalue weighted by Gasteiger charge is 2.29. The number of hydrogen-bond donors (Lipinski definition) is 2. The lowest BCUT2D eigenvalue weighted by molar-refractivity contribution is 0.443. The second-order valence-electron chi connectivity index (χ2n) is 14.6. The molecule has 1 heterocycles. The van der Waals surface area contributed by atoms with Crippen molar-refractivity contribution in [2.24, 2.45) is 5.92 Å². The average Bonchev–Trinajstić information content (AvgIpc) is 3.12. The van der Waals surface area contributed by atoms with E-state index in [1.165, 1.54) is 34.4 Å². The van der Waals surface area contributed by atoms with Gasteiger partial charge in [-0.25, -0.2) is 13.1 Å². The van der Waals surface area contributed by atoms with E-state index in [4.69, 9.17) is 4.74 Å². The highest BCUT2D eigenvalue weighted by Crippen LogP contribution is 2.39. The first kappa shape index (κ1) is 39.2. The lowest BCUT2D eigenvalue weighted by atomic mass is 9.90. The molecule has 9 heteroatoms. The third-order valence-electron chi connectivity index (χ3n) is 10.4. The molecule has 0 radical (unpaired) electrons. The lowest BCUT2D eigenvalue weighted by Crippen LogP contribution is -2.31. The predicted octanol–water partition coefficient (Wildman–Crippen LogP) is 8.43. The van der Waals surface area contributed by atoms with Gasteiger partial charge in [0.2, 0.25) is 10.0 Å². The molecule has 0 fully saturated rings. The largest absolute Gasteiger partial charge is 0.456 e. The highest BCUT2D eigenvalue weighted by atomic mass is 32.2. The Morgan fingerprint density at radius 3 is 2.17 bits per heavy atom. The standard InChI is InChI=1S/C45H49NO6S2/c1-7-9-10-33(8-2)28-46-53(47,48)44-27-38(54(49,50)51)17-20-41(44)45-39-18-13-34(23-36-15-11-29(3)21-31(36)5)25-42(39)52-43-26-35(14-19-40(43)45)24-37-16-12-30(4)22-32(37)6/h11-23,25-27,33,46H,7-10,24,28H2,1-6H3,(H,49,50,51)/b34-23+. The average molecular weight is 764 g/mol. The van der Waals surface area contributed by atoms with Crippen LogP contribution in [0.5, 0.6) is 11.5 Å². The summed E-state index contributed by atoms with van der Waals surface area (Å²) in [4.78, 5) is -0.734. The molecule has 54 heavy (non-hydrogen) atoms. The number of sulfonamides is 1. The van der Waals surface area contributed by atoms with Crippen molar-refractivity contribution >= 4 is 31.8 Å². The maximum Gasteiger partial charge on any atom is 0.294 e. The minimum absolute atomic E-state index is 0.118. The smallest absolute Gasteiger partial charge is 0.294 e. The van der Waals surface area contributed by atoms with Gasteiger partial charge in [0, 0.05) is 28.5 Å². The van der Waals surface area contributed by atoms with Gasteiger partial charge in [-0.15, -0.1) is 0 Å². The van der Waals surface area contributed by atoms with Crippen LogP contribution in [0, 0.1) is 33.6 Å². The van der Waals surface area contributed by atoms with Crippen molar-refractivity contribution in [3.8, 4) is 11.5 Å². The SMILES string of the molecule is CCCCC(CC)CNS(=O)(=O)c1cc(S(=O)(=O)O)ccc1C1=c2cc/c(=C\c3ccc(C)cc3C)cc2Oc2cc(Cc3ccc(C)cc3C)ccc21. The minimum atomic E-state index is -4.72. The first-order chi connectivity index (χ1) is 25.7. The van der Waals surface area contributed by atoms with Crippen molar-refractivity contribution in [2.45, 2.75) is 83.4 Å². The molecule has 0 aliphatic carbocycles. The van der Waals surface area contributed by atoms with Gasteiger partial charge in [0.1, 0.15) is 11.5 Å². The lowest BCUT2D eigenvalue weighted by Gasteiger charge is -2.24. The van der Waals surface area contributed by atoms with E-state index in [9.17, 15) is 21.4 Å². The van der Waals surface area contributed by atoms with Crippen molar-refractivity contribution in [1.82, 2.24) is 4.72 Å². The summed E-state index contributed by atoms with van der Waals surface area (Å²) in [6, 6.07) is 28.3. The van der Waals surface area contributed by atoms with E-state index in [0.717, 1.165) is 53.7 Å². The van der Waals surface area contributed by atoms with E-state index in [2.05, 4.69) is 81.8 Å². The highest BCUT2D eigenvalue weighted by molar-refractivity contribution is 7.89. The van der Waals surface area contributed by atoms with Crippen LogP contribution in [-0.2, 0) is 26.6 Å². The van der Waals surface area contributed by atoms with E-state index in [1.54, 1.807) is 0 Å². The van der Waals surface area contributed by atoms with Gasteiger partial charge in [0.05, 0.1) is 9.79 Å². The van der Waals surface area contributed by atoms with Crippen molar-refractivity contribution in [2.75, 3.05) is 6.54 Å². The molecule has 0 spiro atoms. The van der Waals surface area contributed by atoms with Crippen molar-refractivity contribution in [1.29, 1.82) is 0 Å². The molecule has 0 aromatic heterocycles. The molecule has 5 aromatic rings. The number of rotatable bonds is 13. The van der Waals surface area contributed by atoms with Gasteiger partial charge in [-0.2, -0.15) is 8.42 Å². The summed E-state index contributed by atoms with van der Waals surface area (Å²) in [6.07, 6.45) is 6.40. The monoisotopic (exact) mass is 763 g/mol. The van der Waals surface area contributed by atoms with Gasteiger partial charge in [-0.1, -0.05) is 105 Å². The first-order valence-electron chi connectivity index (χ1n) is 18.6. The molecule has 282 valence electrons. The van der Waals surface area contributed by atoms with Crippen LogP contribution >= 0.6 is 0 Å². The molecule has 1 unspecified atom stereocenters. The molecule has 0 saturated carbocycles.